The Morgan fingerprint density at radius 2 is 2.00 bits per heavy atom. The van der Waals surface area contributed by atoms with Crippen molar-refractivity contribution in [2.24, 2.45) is 5.73 Å². The first kappa shape index (κ1) is 12.8. The molecule has 0 aliphatic heterocycles. The molecule has 90 valence electrons. The molecule has 0 aliphatic carbocycles. The minimum Gasteiger partial charge on any atom is -0.493 e. The molecule has 3 N–H and O–H groups in total. The molecule has 0 fully saturated rings. The van der Waals surface area contributed by atoms with E-state index in [0.29, 0.717) is 18.0 Å². The van der Waals surface area contributed by atoms with Gasteiger partial charge in [0.1, 0.15) is 6.10 Å². The summed E-state index contributed by atoms with van der Waals surface area (Å²) in [6.45, 7) is 3.95. The molecule has 0 bridgehead atoms. The lowest BCUT2D eigenvalue weighted by Gasteiger charge is -2.19. The van der Waals surface area contributed by atoms with Gasteiger partial charge < -0.3 is 20.3 Å². The van der Waals surface area contributed by atoms with Gasteiger partial charge in [0.15, 0.2) is 11.5 Å². The van der Waals surface area contributed by atoms with E-state index < -0.39 is 6.10 Å². The van der Waals surface area contributed by atoms with E-state index in [-0.39, 0.29) is 6.10 Å². The van der Waals surface area contributed by atoms with Crippen LogP contribution in [0.4, 0.5) is 0 Å². The minimum atomic E-state index is -0.529. The summed E-state index contributed by atoms with van der Waals surface area (Å²) in [5, 5.41) is 9.36. The van der Waals surface area contributed by atoms with Gasteiger partial charge >= 0.3 is 0 Å². The van der Waals surface area contributed by atoms with Crippen molar-refractivity contribution in [2.45, 2.75) is 32.6 Å². The third kappa shape index (κ3) is 3.12. The quantitative estimate of drug-likeness (QED) is 0.792. The summed E-state index contributed by atoms with van der Waals surface area (Å²) in [5.74, 6) is 1.25. The molecule has 0 radical (unpaired) electrons. The van der Waals surface area contributed by atoms with E-state index in [9.17, 15) is 5.11 Å². The molecule has 0 heterocycles. The van der Waals surface area contributed by atoms with E-state index in [1.54, 1.807) is 27.0 Å². The lowest BCUT2D eigenvalue weighted by molar-refractivity contribution is 0.0586. The van der Waals surface area contributed by atoms with Crippen LogP contribution in [0, 0.1) is 0 Å². The lowest BCUT2D eigenvalue weighted by Crippen LogP contribution is -2.25. The predicted octanol–water partition coefficient (Wildman–Crippen LogP) is 1.30. The Hall–Kier alpha value is -1.26. The number of ether oxygens (including phenoxy) is 2. The van der Waals surface area contributed by atoms with E-state index in [0.717, 1.165) is 5.56 Å². The molecule has 4 nitrogen and oxygen atoms in total. The van der Waals surface area contributed by atoms with Crippen molar-refractivity contribution in [1.82, 2.24) is 0 Å². The van der Waals surface area contributed by atoms with Crippen LogP contribution in [0.2, 0.25) is 0 Å². The van der Waals surface area contributed by atoms with Crippen molar-refractivity contribution in [2.75, 3.05) is 7.11 Å². The molecule has 0 aliphatic rings. The summed E-state index contributed by atoms with van der Waals surface area (Å²) in [6, 6.07) is 5.52. The van der Waals surface area contributed by atoms with E-state index >= 15 is 0 Å². The van der Waals surface area contributed by atoms with Gasteiger partial charge in [0.2, 0.25) is 0 Å². The maximum Gasteiger partial charge on any atom is 0.161 e. The van der Waals surface area contributed by atoms with Gasteiger partial charge in [-0.3, -0.25) is 0 Å². The highest BCUT2D eigenvalue weighted by Gasteiger charge is 2.13. The minimum absolute atomic E-state index is 0.280. The van der Waals surface area contributed by atoms with E-state index in [1.807, 2.05) is 12.1 Å². The van der Waals surface area contributed by atoms with Crippen LogP contribution in [0.25, 0.3) is 0 Å². The van der Waals surface area contributed by atoms with Gasteiger partial charge in [-0.1, -0.05) is 6.07 Å². The van der Waals surface area contributed by atoms with Gasteiger partial charge in [-0.05, 0) is 31.5 Å². The zero-order valence-electron chi connectivity index (χ0n) is 9.93. The van der Waals surface area contributed by atoms with Crippen LogP contribution in [0.5, 0.6) is 11.5 Å². The van der Waals surface area contributed by atoms with Crippen molar-refractivity contribution in [3.8, 4) is 11.5 Å². The predicted molar refractivity (Wildman–Crippen MR) is 62.7 cm³/mol. The second-order valence-corrected chi connectivity index (χ2v) is 3.75. The molecule has 0 saturated heterocycles. The van der Waals surface area contributed by atoms with Crippen LogP contribution in [-0.4, -0.2) is 24.4 Å². The van der Waals surface area contributed by atoms with Gasteiger partial charge in [-0.25, -0.2) is 0 Å². The van der Waals surface area contributed by atoms with Crippen molar-refractivity contribution >= 4 is 0 Å². The first-order chi connectivity index (χ1) is 7.58. The first-order valence-electron chi connectivity index (χ1n) is 5.30. The maximum atomic E-state index is 9.36. The highest BCUT2D eigenvalue weighted by molar-refractivity contribution is 5.43. The van der Waals surface area contributed by atoms with Crippen LogP contribution in [0.3, 0.4) is 0 Å². The van der Waals surface area contributed by atoms with Gasteiger partial charge in [0.25, 0.3) is 0 Å². The summed E-state index contributed by atoms with van der Waals surface area (Å²) in [7, 11) is 1.58. The molecule has 1 aromatic rings. The SMILES string of the molecule is COc1cc(CN)ccc1OC(C)C(C)O. The molecule has 4 heteroatoms. The Morgan fingerprint density at radius 3 is 2.50 bits per heavy atom. The van der Waals surface area contributed by atoms with Gasteiger partial charge in [0.05, 0.1) is 13.2 Å². The Kier molecular flexibility index (Phi) is 4.58. The smallest absolute Gasteiger partial charge is 0.161 e. The molecule has 0 saturated carbocycles. The van der Waals surface area contributed by atoms with Gasteiger partial charge in [-0.15, -0.1) is 0 Å². The van der Waals surface area contributed by atoms with E-state index in [4.69, 9.17) is 15.2 Å². The number of nitrogens with two attached hydrogens (primary N) is 1. The third-order valence-electron chi connectivity index (χ3n) is 2.46. The highest BCUT2D eigenvalue weighted by atomic mass is 16.5. The summed E-state index contributed by atoms with van der Waals surface area (Å²) in [6.07, 6.45) is -0.809. The Labute approximate surface area is 96.0 Å². The average Bonchev–Trinajstić information content (AvgIpc) is 2.29. The van der Waals surface area contributed by atoms with Crippen LogP contribution in [0.1, 0.15) is 19.4 Å². The summed E-state index contributed by atoms with van der Waals surface area (Å²) >= 11 is 0. The average molecular weight is 225 g/mol. The summed E-state index contributed by atoms with van der Waals surface area (Å²) < 4.78 is 10.8. The molecular formula is C12H19NO3. The number of hydrogen-bond donors (Lipinski definition) is 2. The fourth-order valence-corrected chi connectivity index (χ4v) is 1.24. The highest BCUT2D eigenvalue weighted by Crippen LogP contribution is 2.29. The fraction of sp³-hybridized carbons (Fsp3) is 0.500. The molecule has 1 aromatic carbocycles. The van der Waals surface area contributed by atoms with Gasteiger partial charge in [0, 0.05) is 6.54 Å². The van der Waals surface area contributed by atoms with Crippen molar-refractivity contribution in [3.63, 3.8) is 0 Å². The largest absolute Gasteiger partial charge is 0.493 e. The zero-order valence-corrected chi connectivity index (χ0v) is 9.93. The van der Waals surface area contributed by atoms with Crippen molar-refractivity contribution in [3.05, 3.63) is 23.8 Å². The number of aliphatic hydroxyl groups is 1. The zero-order chi connectivity index (χ0) is 12.1. The van der Waals surface area contributed by atoms with Crippen molar-refractivity contribution < 1.29 is 14.6 Å². The Balaban J connectivity index is 2.87. The third-order valence-corrected chi connectivity index (χ3v) is 2.46. The monoisotopic (exact) mass is 225 g/mol. The number of benzene rings is 1. The molecule has 1 rings (SSSR count). The number of methoxy groups -OCH3 is 1. The number of hydrogen-bond acceptors (Lipinski definition) is 4. The normalized spacial score (nSPS) is 14.3. The molecule has 2 unspecified atom stereocenters. The van der Waals surface area contributed by atoms with Crippen LogP contribution < -0.4 is 15.2 Å². The maximum absolute atomic E-state index is 9.36. The molecule has 2 atom stereocenters. The molecule has 0 amide bonds. The van der Waals surface area contributed by atoms with Crippen molar-refractivity contribution in [1.29, 1.82) is 0 Å². The molecular weight excluding hydrogens is 206 g/mol. The topological polar surface area (TPSA) is 64.7 Å². The van der Waals surface area contributed by atoms with Crippen LogP contribution in [-0.2, 0) is 6.54 Å². The standard InChI is InChI=1S/C12H19NO3/c1-8(14)9(2)16-11-5-4-10(7-13)6-12(11)15-3/h4-6,8-9,14H,7,13H2,1-3H3. The second-order valence-electron chi connectivity index (χ2n) is 3.75. The van der Waals surface area contributed by atoms with Gasteiger partial charge in [-0.2, -0.15) is 0 Å². The van der Waals surface area contributed by atoms with E-state index in [1.165, 1.54) is 0 Å². The van der Waals surface area contributed by atoms with Crippen LogP contribution in [0.15, 0.2) is 18.2 Å². The summed E-state index contributed by atoms with van der Waals surface area (Å²) in [5.41, 5.74) is 6.52. The van der Waals surface area contributed by atoms with E-state index in [2.05, 4.69) is 0 Å². The second kappa shape index (κ2) is 5.72. The molecule has 0 aromatic heterocycles. The number of aliphatic hydroxyl groups excluding tert-OH is 1. The number of rotatable bonds is 5. The Morgan fingerprint density at radius 1 is 1.31 bits per heavy atom. The summed E-state index contributed by atoms with van der Waals surface area (Å²) in [4.78, 5) is 0. The fourth-order valence-electron chi connectivity index (χ4n) is 1.24. The first-order valence-corrected chi connectivity index (χ1v) is 5.30. The lowest BCUT2D eigenvalue weighted by atomic mass is 10.2. The molecule has 16 heavy (non-hydrogen) atoms. The Bertz CT molecular complexity index is 339. The van der Waals surface area contributed by atoms with Crippen LogP contribution >= 0.6 is 0 Å². The molecule has 0 spiro atoms.